The highest BCUT2D eigenvalue weighted by Gasteiger charge is 2.22. The van der Waals surface area contributed by atoms with E-state index in [9.17, 15) is 0 Å². The number of anilines is 1. The number of hydrogen-bond donors (Lipinski definition) is 2. The number of benzene rings is 1. The number of nitrogens with zero attached hydrogens (tertiary/aromatic N) is 2. The molecule has 1 aliphatic heterocycles. The maximum Gasteiger partial charge on any atom is 0.126 e. The van der Waals surface area contributed by atoms with E-state index in [1.807, 2.05) is 12.1 Å². The molecule has 2 heterocycles. The fourth-order valence-electron chi connectivity index (χ4n) is 2.75. The first-order chi connectivity index (χ1) is 10.3. The lowest BCUT2D eigenvalue weighted by atomic mass is 10.2. The van der Waals surface area contributed by atoms with Crippen molar-refractivity contribution in [3.05, 3.63) is 59.8 Å². The number of aliphatic hydroxyl groups is 1. The van der Waals surface area contributed by atoms with Crippen LogP contribution < -0.4 is 5.32 Å². The van der Waals surface area contributed by atoms with Crippen LogP contribution in [0.25, 0.3) is 0 Å². The van der Waals surface area contributed by atoms with Crippen LogP contribution in [0.3, 0.4) is 0 Å². The highest BCUT2D eigenvalue weighted by molar-refractivity contribution is 5.37. The maximum absolute atomic E-state index is 9.02. The van der Waals surface area contributed by atoms with Crippen LogP contribution in [-0.4, -0.2) is 34.1 Å². The Balaban J connectivity index is 1.52. The van der Waals surface area contributed by atoms with Gasteiger partial charge < -0.3 is 10.4 Å². The summed E-state index contributed by atoms with van der Waals surface area (Å²) in [5, 5.41) is 12.5. The van der Waals surface area contributed by atoms with Crippen molar-refractivity contribution in [3.63, 3.8) is 0 Å². The Hall–Kier alpha value is -1.91. The van der Waals surface area contributed by atoms with E-state index >= 15 is 0 Å². The number of aliphatic hydroxyl groups excluding tert-OH is 1. The van der Waals surface area contributed by atoms with Crippen LogP contribution in [0, 0.1) is 0 Å². The van der Waals surface area contributed by atoms with E-state index in [0.717, 1.165) is 37.4 Å². The zero-order chi connectivity index (χ0) is 14.5. The van der Waals surface area contributed by atoms with Crippen LogP contribution in [-0.2, 0) is 13.2 Å². The van der Waals surface area contributed by atoms with Crippen molar-refractivity contribution in [3.8, 4) is 0 Å². The summed E-state index contributed by atoms with van der Waals surface area (Å²) in [6, 6.07) is 14.9. The van der Waals surface area contributed by atoms with Gasteiger partial charge in [-0.05, 0) is 23.6 Å². The molecule has 2 N–H and O–H groups in total. The van der Waals surface area contributed by atoms with Gasteiger partial charge in [0.15, 0.2) is 0 Å². The standard InChI is InChI=1S/C17H21N3O/c21-13-15-6-7-17(18-10-15)19-16-8-9-20(12-16)11-14-4-2-1-3-5-14/h1-7,10,16,21H,8-9,11-13H2,(H,18,19)/t16-/m1/s1. The second-order valence-electron chi connectivity index (χ2n) is 5.56. The molecule has 21 heavy (non-hydrogen) atoms. The number of hydrogen-bond acceptors (Lipinski definition) is 4. The lowest BCUT2D eigenvalue weighted by molar-refractivity contribution is 0.281. The Bertz CT molecular complexity index is 556. The van der Waals surface area contributed by atoms with Crippen LogP contribution in [0.15, 0.2) is 48.7 Å². The van der Waals surface area contributed by atoms with Gasteiger partial charge in [0, 0.05) is 31.9 Å². The summed E-state index contributed by atoms with van der Waals surface area (Å²) >= 11 is 0. The van der Waals surface area contributed by atoms with Crippen LogP contribution >= 0.6 is 0 Å². The van der Waals surface area contributed by atoms with E-state index in [4.69, 9.17) is 5.11 Å². The third-order valence-corrected chi connectivity index (χ3v) is 3.88. The molecule has 0 radical (unpaired) electrons. The molecule has 0 unspecified atom stereocenters. The van der Waals surface area contributed by atoms with Gasteiger partial charge in [-0.3, -0.25) is 4.90 Å². The molecule has 110 valence electrons. The summed E-state index contributed by atoms with van der Waals surface area (Å²) in [6.07, 6.45) is 2.86. The van der Waals surface area contributed by atoms with E-state index in [0.29, 0.717) is 6.04 Å². The Morgan fingerprint density at radius 2 is 2.00 bits per heavy atom. The highest BCUT2D eigenvalue weighted by Crippen LogP contribution is 2.17. The average Bonchev–Trinajstić information content (AvgIpc) is 2.96. The molecule has 0 bridgehead atoms. The van der Waals surface area contributed by atoms with Crippen LogP contribution in [0.5, 0.6) is 0 Å². The van der Waals surface area contributed by atoms with Gasteiger partial charge in [0.25, 0.3) is 0 Å². The molecule has 1 saturated heterocycles. The van der Waals surface area contributed by atoms with Gasteiger partial charge in [-0.2, -0.15) is 0 Å². The molecule has 1 aliphatic rings. The molecule has 0 amide bonds. The summed E-state index contributed by atoms with van der Waals surface area (Å²) in [5.74, 6) is 0.888. The minimum atomic E-state index is 0.0432. The quantitative estimate of drug-likeness (QED) is 0.883. The van der Waals surface area contributed by atoms with Gasteiger partial charge in [0.05, 0.1) is 6.61 Å². The second kappa shape index (κ2) is 6.70. The number of likely N-dealkylation sites (tertiary alicyclic amines) is 1. The fourth-order valence-corrected chi connectivity index (χ4v) is 2.75. The number of rotatable bonds is 5. The van der Waals surface area contributed by atoms with Gasteiger partial charge in [0.1, 0.15) is 5.82 Å². The van der Waals surface area contributed by atoms with E-state index in [2.05, 4.69) is 45.5 Å². The summed E-state index contributed by atoms with van der Waals surface area (Å²) < 4.78 is 0. The lowest BCUT2D eigenvalue weighted by Gasteiger charge is -2.17. The summed E-state index contributed by atoms with van der Waals surface area (Å²) in [7, 11) is 0. The van der Waals surface area contributed by atoms with Gasteiger partial charge >= 0.3 is 0 Å². The van der Waals surface area contributed by atoms with Crippen molar-refractivity contribution in [1.82, 2.24) is 9.88 Å². The van der Waals surface area contributed by atoms with E-state index in [1.54, 1.807) is 6.20 Å². The normalized spacial score (nSPS) is 18.8. The van der Waals surface area contributed by atoms with Crippen LogP contribution in [0.2, 0.25) is 0 Å². The highest BCUT2D eigenvalue weighted by atomic mass is 16.3. The largest absolute Gasteiger partial charge is 0.392 e. The first kappa shape index (κ1) is 14.0. The first-order valence-corrected chi connectivity index (χ1v) is 7.42. The molecule has 1 aromatic carbocycles. The molecule has 1 atom stereocenters. The van der Waals surface area contributed by atoms with Crippen LogP contribution in [0.4, 0.5) is 5.82 Å². The predicted octanol–water partition coefficient (Wildman–Crippen LogP) is 2.26. The molecule has 4 heteroatoms. The molecule has 2 aromatic rings. The van der Waals surface area contributed by atoms with Crippen molar-refractivity contribution < 1.29 is 5.11 Å². The lowest BCUT2D eigenvalue weighted by Crippen LogP contribution is -2.26. The first-order valence-electron chi connectivity index (χ1n) is 7.42. The third kappa shape index (κ3) is 3.80. The minimum absolute atomic E-state index is 0.0432. The predicted molar refractivity (Wildman–Crippen MR) is 83.9 cm³/mol. The maximum atomic E-state index is 9.02. The monoisotopic (exact) mass is 283 g/mol. The van der Waals surface area contributed by atoms with Gasteiger partial charge in [0.2, 0.25) is 0 Å². The Morgan fingerprint density at radius 3 is 2.71 bits per heavy atom. The third-order valence-electron chi connectivity index (χ3n) is 3.88. The minimum Gasteiger partial charge on any atom is -0.392 e. The van der Waals surface area contributed by atoms with Gasteiger partial charge in [-0.25, -0.2) is 4.98 Å². The number of aromatic nitrogens is 1. The zero-order valence-corrected chi connectivity index (χ0v) is 12.1. The average molecular weight is 283 g/mol. The van der Waals surface area contributed by atoms with Gasteiger partial charge in [-0.15, -0.1) is 0 Å². The van der Waals surface area contributed by atoms with Crippen molar-refractivity contribution >= 4 is 5.82 Å². The molecule has 0 spiro atoms. The second-order valence-corrected chi connectivity index (χ2v) is 5.56. The van der Waals surface area contributed by atoms with Gasteiger partial charge in [-0.1, -0.05) is 36.4 Å². The molecule has 1 aromatic heterocycles. The van der Waals surface area contributed by atoms with E-state index < -0.39 is 0 Å². The SMILES string of the molecule is OCc1ccc(N[C@@H]2CCN(Cc3ccccc3)C2)nc1. The summed E-state index contributed by atoms with van der Waals surface area (Å²) in [5.41, 5.74) is 2.21. The summed E-state index contributed by atoms with van der Waals surface area (Å²) in [6.45, 7) is 3.21. The Kier molecular flexibility index (Phi) is 4.48. The Morgan fingerprint density at radius 1 is 1.14 bits per heavy atom. The fraction of sp³-hybridized carbons (Fsp3) is 0.353. The molecule has 1 fully saturated rings. The zero-order valence-electron chi connectivity index (χ0n) is 12.1. The summed E-state index contributed by atoms with van der Waals surface area (Å²) in [4.78, 5) is 6.80. The van der Waals surface area contributed by atoms with E-state index in [-0.39, 0.29) is 6.61 Å². The molecule has 3 rings (SSSR count). The van der Waals surface area contributed by atoms with Crippen molar-refractivity contribution in [2.45, 2.75) is 25.6 Å². The van der Waals surface area contributed by atoms with Crippen LogP contribution in [0.1, 0.15) is 17.5 Å². The Labute approximate surface area is 125 Å². The van der Waals surface area contributed by atoms with Crippen molar-refractivity contribution in [2.24, 2.45) is 0 Å². The van der Waals surface area contributed by atoms with E-state index in [1.165, 1.54) is 5.56 Å². The molecule has 0 saturated carbocycles. The number of nitrogens with one attached hydrogen (secondary N) is 1. The molecular weight excluding hydrogens is 262 g/mol. The number of pyridine rings is 1. The van der Waals surface area contributed by atoms with Crippen molar-refractivity contribution in [1.29, 1.82) is 0 Å². The molecule has 0 aliphatic carbocycles. The van der Waals surface area contributed by atoms with Crippen molar-refractivity contribution in [2.75, 3.05) is 18.4 Å². The molecule has 4 nitrogen and oxygen atoms in total. The molecular formula is C17H21N3O. The smallest absolute Gasteiger partial charge is 0.126 e. The topological polar surface area (TPSA) is 48.4 Å².